The number of nitrogens with one attached hydrogen (secondary N) is 1. The van der Waals surface area contributed by atoms with Crippen LogP contribution in [-0.2, 0) is 10.0 Å². The van der Waals surface area contributed by atoms with E-state index in [2.05, 4.69) is 4.72 Å². The number of hydrogen-bond acceptors (Lipinski definition) is 3. The molecule has 0 bridgehead atoms. The van der Waals surface area contributed by atoms with Gasteiger partial charge in [-0.3, -0.25) is 0 Å². The van der Waals surface area contributed by atoms with Crippen LogP contribution in [0.1, 0.15) is 25.0 Å². The number of aryl methyl sites for hydroxylation is 2. The van der Waals surface area contributed by atoms with Gasteiger partial charge in [-0.05, 0) is 31.4 Å². The third-order valence-electron chi connectivity index (χ3n) is 2.93. The minimum atomic E-state index is -3.57. The Balaban J connectivity index is 3.06. The van der Waals surface area contributed by atoms with Crippen LogP contribution in [0.3, 0.4) is 0 Å². The number of hydrogen-bond donors (Lipinski definition) is 2. The fourth-order valence-electron chi connectivity index (χ4n) is 1.75. The number of aliphatic hydroxyl groups excluding tert-OH is 1. The monoisotopic (exact) mass is 271 g/mol. The zero-order valence-electron chi connectivity index (χ0n) is 11.3. The van der Waals surface area contributed by atoms with Gasteiger partial charge in [0.2, 0.25) is 10.0 Å². The fraction of sp³-hybridized carbons (Fsp3) is 0.538. The SMILES string of the molecule is Cc1ccc(S(=O)(=O)N[C@H](CO)C(C)C)c(C)c1. The Morgan fingerprint density at radius 1 is 1.28 bits per heavy atom. The van der Waals surface area contributed by atoms with Gasteiger partial charge in [0.05, 0.1) is 11.5 Å². The summed E-state index contributed by atoms with van der Waals surface area (Å²) in [5, 5.41) is 9.19. The maximum absolute atomic E-state index is 12.2. The minimum Gasteiger partial charge on any atom is -0.395 e. The van der Waals surface area contributed by atoms with E-state index in [1.165, 1.54) is 0 Å². The summed E-state index contributed by atoms with van der Waals surface area (Å²) in [7, 11) is -3.57. The lowest BCUT2D eigenvalue weighted by Gasteiger charge is -2.20. The van der Waals surface area contributed by atoms with Crippen molar-refractivity contribution in [1.29, 1.82) is 0 Å². The van der Waals surface area contributed by atoms with Gasteiger partial charge in [0.15, 0.2) is 0 Å². The first kappa shape index (κ1) is 15.1. The average molecular weight is 271 g/mol. The maximum Gasteiger partial charge on any atom is 0.241 e. The molecule has 0 aromatic heterocycles. The van der Waals surface area contributed by atoms with Crippen LogP contribution in [0.15, 0.2) is 23.1 Å². The van der Waals surface area contributed by atoms with Crippen LogP contribution in [0.5, 0.6) is 0 Å². The van der Waals surface area contributed by atoms with Gasteiger partial charge in [0, 0.05) is 6.04 Å². The van der Waals surface area contributed by atoms with E-state index in [1.54, 1.807) is 19.1 Å². The van der Waals surface area contributed by atoms with Gasteiger partial charge in [0.25, 0.3) is 0 Å². The summed E-state index contributed by atoms with van der Waals surface area (Å²) >= 11 is 0. The molecule has 102 valence electrons. The first-order chi connectivity index (χ1) is 8.27. The molecule has 0 heterocycles. The molecule has 0 spiro atoms. The average Bonchev–Trinajstić information content (AvgIpc) is 2.24. The summed E-state index contributed by atoms with van der Waals surface area (Å²) in [5.74, 6) is 0.0375. The van der Waals surface area contributed by atoms with Crippen molar-refractivity contribution in [1.82, 2.24) is 4.72 Å². The lowest BCUT2D eigenvalue weighted by Crippen LogP contribution is -2.41. The number of benzene rings is 1. The standard InChI is InChI=1S/C13H21NO3S/c1-9(2)12(8-15)14-18(16,17)13-6-5-10(3)7-11(13)4/h5-7,9,12,14-15H,8H2,1-4H3/t12-/m1/s1. The Hall–Kier alpha value is -0.910. The van der Waals surface area contributed by atoms with Gasteiger partial charge >= 0.3 is 0 Å². The highest BCUT2D eigenvalue weighted by Crippen LogP contribution is 2.17. The fourth-order valence-corrected chi connectivity index (χ4v) is 3.35. The van der Waals surface area contributed by atoms with Gasteiger partial charge in [-0.25, -0.2) is 13.1 Å². The van der Waals surface area contributed by atoms with E-state index in [0.29, 0.717) is 5.56 Å². The third-order valence-corrected chi connectivity index (χ3v) is 4.58. The first-order valence-corrected chi connectivity index (χ1v) is 7.46. The van der Waals surface area contributed by atoms with Gasteiger partial charge in [-0.15, -0.1) is 0 Å². The van der Waals surface area contributed by atoms with E-state index in [9.17, 15) is 13.5 Å². The van der Waals surface area contributed by atoms with Crippen LogP contribution in [0.2, 0.25) is 0 Å². The Kier molecular flexibility index (Phi) is 4.90. The highest BCUT2D eigenvalue weighted by molar-refractivity contribution is 7.89. The van der Waals surface area contributed by atoms with E-state index in [1.807, 2.05) is 26.8 Å². The van der Waals surface area contributed by atoms with Crippen molar-refractivity contribution in [3.63, 3.8) is 0 Å². The van der Waals surface area contributed by atoms with E-state index < -0.39 is 16.1 Å². The second-order valence-electron chi connectivity index (χ2n) is 4.92. The molecule has 1 aromatic rings. The van der Waals surface area contributed by atoms with Crippen LogP contribution in [-0.4, -0.2) is 26.2 Å². The highest BCUT2D eigenvalue weighted by Gasteiger charge is 2.23. The Bertz CT molecular complexity index is 509. The quantitative estimate of drug-likeness (QED) is 0.855. The third kappa shape index (κ3) is 3.54. The molecule has 1 aromatic carbocycles. The Morgan fingerprint density at radius 2 is 1.89 bits per heavy atom. The van der Waals surface area contributed by atoms with Crippen molar-refractivity contribution in [2.75, 3.05) is 6.61 Å². The van der Waals surface area contributed by atoms with Crippen molar-refractivity contribution in [3.8, 4) is 0 Å². The molecule has 0 aliphatic rings. The van der Waals surface area contributed by atoms with E-state index in [0.717, 1.165) is 5.56 Å². The summed E-state index contributed by atoms with van der Waals surface area (Å²) in [4.78, 5) is 0.271. The molecule has 1 rings (SSSR count). The van der Waals surface area contributed by atoms with Gasteiger partial charge < -0.3 is 5.11 Å². The Labute approximate surface area is 109 Å². The molecule has 0 unspecified atom stereocenters. The highest BCUT2D eigenvalue weighted by atomic mass is 32.2. The smallest absolute Gasteiger partial charge is 0.241 e. The van der Waals surface area contributed by atoms with Crippen molar-refractivity contribution >= 4 is 10.0 Å². The summed E-state index contributed by atoms with van der Waals surface area (Å²) in [6.45, 7) is 7.21. The molecule has 2 N–H and O–H groups in total. The molecule has 0 aliphatic heterocycles. The van der Waals surface area contributed by atoms with Crippen molar-refractivity contribution < 1.29 is 13.5 Å². The van der Waals surface area contributed by atoms with E-state index >= 15 is 0 Å². The molecule has 0 saturated carbocycles. The number of aliphatic hydroxyl groups is 1. The second kappa shape index (κ2) is 5.82. The van der Waals surface area contributed by atoms with Crippen molar-refractivity contribution in [2.24, 2.45) is 5.92 Å². The predicted molar refractivity (Wildman–Crippen MR) is 71.9 cm³/mol. The van der Waals surface area contributed by atoms with Crippen LogP contribution in [0.4, 0.5) is 0 Å². The zero-order valence-corrected chi connectivity index (χ0v) is 12.1. The molecule has 1 atom stereocenters. The van der Waals surface area contributed by atoms with Crippen LogP contribution in [0, 0.1) is 19.8 Å². The zero-order chi connectivity index (χ0) is 13.9. The van der Waals surface area contributed by atoms with Crippen LogP contribution >= 0.6 is 0 Å². The predicted octanol–water partition coefficient (Wildman–Crippen LogP) is 1.60. The van der Waals surface area contributed by atoms with Crippen molar-refractivity contribution in [2.45, 2.75) is 38.6 Å². The lowest BCUT2D eigenvalue weighted by atomic mass is 10.1. The summed E-state index contributed by atoms with van der Waals surface area (Å²) < 4.78 is 27.0. The molecule has 0 saturated heterocycles. The molecular weight excluding hydrogens is 250 g/mol. The molecule has 0 radical (unpaired) electrons. The summed E-state index contributed by atoms with van der Waals surface area (Å²) in [6, 6.07) is 4.74. The molecular formula is C13H21NO3S. The van der Waals surface area contributed by atoms with Gasteiger partial charge in [-0.1, -0.05) is 31.5 Å². The molecule has 0 fully saturated rings. The topological polar surface area (TPSA) is 66.4 Å². The Morgan fingerprint density at radius 3 is 2.33 bits per heavy atom. The largest absolute Gasteiger partial charge is 0.395 e. The van der Waals surface area contributed by atoms with Gasteiger partial charge in [-0.2, -0.15) is 0 Å². The second-order valence-corrected chi connectivity index (χ2v) is 6.61. The van der Waals surface area contributed by atoms with E-state index in [4.69, 9.17) is 0 Å². The molecule has 4 nitrogen and oxygen atoms in total. The maximum atomic E-state index is 12.2. The van der Waals surface area contributed by atoms with Gasteiger partial charge in [0.1, 0.15) is 0 Å². The molecule has 5 heteroatoms. The minimum absolute atomic E-state index is 0.0375. The number of sulfonamides is 1. The molecule has 0 aliphatic carbocycles. The normalized spacial score (nSPS) is 13.9. The van der Waals surface area contributed by atoms with Crippen LogP contribution < -0.4 is 4.72 Å². The van der Waals surface area contributed by atoms with E-state index in [-0.39, 0.29) is 17.4 Å². The van der Waals surface area contributed by atoms with Crippen molar-refractivity contribution in [3.05, 3.63) is 29.3 Å². The summed E-state index contributed by atoms with van der Waals surface area (Å²) in [5.41, 5.74) is 1.73. The lowest BCUT2D eigenvalue weighted by molar-refractivity contribution is 0.227. The van der Waals surface area contributed by atoms with Crippen LogP contribution in [0.25, 0.3) is 0 Å². The number of rotatable bonds is 5. The first-order valence-electron chi connectivity index (χ1n) is 5.98. The molecule has 18 heavy (non-hydrogen) atoms. The molecule has 0 amide bonds. The summed E-state index contributed by atoms with van der Waals surface area (Å²) in [6.07, 6.45) is 0.